The molecule has 1 N–H and O–H groups in total. The Hall–Kier alpha value is -3.01. The third kappa shape index (κ3) is 3.42. The lowest BCUT2D eigenvalue weighted by molar-refractivity contribution is -0.140. The van der Waals surface area contributed by atoms with Gasteiger partial charge in [0.15, 0.2) is 5.82 Å². The van der Waals surface area contributed by atoms with Crippen molar-refractivity contribution in [2.75, 3.05) is 36.5 Å². The molecule has 0 radical (unpaired) electrons. The Balaban J connectivity index is 1.46. The average molecular weight is 447 g/mol. The van der Waals surface area contributed by atoms with Gasteiger partial charge in [0, 0.05) is 24.0 Å². The van der Waals surface area contributed by atoms with Crippen molar-refractivity contribution in [1.82, 2.24) is 15.2 Å². The summed E-state index contributed by atoms with van der Waals surface area (Å²) in [5.74, 6) is -0.955. The third-order valence-electron chi connectivity index (χ3n) is 6.16. The predicted octanol–water partition coefficient (Wildman–Crippen LogP) is 4.50. The third-order valence-corrected chi connectivity index (χ3v) is 6.16. The summed E-state index contributed by atoms with van der Waals surface area (Å²) in [6.45, 7) is 6.66. The first-order valence-electron chi connectivity index (χ1n) is 10.2. The lowest BCUT2D eigenvalue weighted by Gasteiger charge is -2.55. The Bertz CT molecular complexity index is 1190. The van der Waals surface area contributed by atoms with Crippen LogP contribution in [0.3, 0.4) is 0 Å². The quantitative estimate of drug-likeness (QED) is 0.595. The standard InChI is InChI=1S/C22H21F4N5O/c1-12(15-4-3-5-17(18(15)23)22(24,25)26)28-20-16-6-14(7-27-19(16)13(2)29-30-20)31-8-21(9-31)10-32-11-21/h3-7,12H,8-11H2,1-2H3,(H,28,30). The second kappa shape index (κ2) is 7.26. The fourth-order valence-electron chi connectivity index (χ4n) is 4.33. The summed E-state index contributed by atoms with van der Waals surface area (Å²) in [6, 6.07) is 4.42. The van der Waals surface area contributed by atoms with E-state index in [2.05, 4.69) is 25.4 Å². The zero-order valence-electron chi connectivity index (χ0n) is 17.5. The van der Waals surface area contributed by atoms with Crippen molar-refractivity contribution in [2.45, 2.75) is 26.1 Å². The highest BCUT2D eigenvalue weighted by Crippen LogP contribution is 2.41. The summed E-state index contributed by atoms with van der Waals surface area (Å²) in [4.78, 5) is 6.74. The van der Waals surface area contributed by atoms with Gasteiger partial charge in [-0.15, -0.1) is 5.10 Å². The smallest absolute Gasteiger partial charge is 0.380 e. The second-order valence-corrected chi connectivity index (χ2v) is 8.65. The maximum absolute atomic E-state index is 14.6. The molecule has 2 aliphatic heterocycles. The number of ether oxygens (including phenoxy) is 1. The van der Waals surface area contributed by atoms with E-state index in [9.17, 15) is 17.6 Å². The fourth-order valence-corrected chi connectivity index (χ4v) is 4.33. The molecule has 10 heteroatoms. The molecular formula is C22H21F4N5O. The van der Waals surface area contributed by atoms with Crippen molar-refractivity contribution >= 4 is 22.4 Å². The van der Waals surface area contributed by atoms with Crippen LogP contribution in [0.25, 0.3) is 10.9 Å². The van der Waals surface area contributed by atoms with E-state index in [1.54, 1.807) is 20.0 Å². The summed E-state index contributed by atoms with van der Waals surface area (Å²) in [6.07, 6.45) is -2.99. The Kier molecular flexibility index (Phi) is 4.74. The number of benzene rings is 1. The van der Waals surface area contributed by atoms with Crippen LogP contribution < -0.4 is 10.2 Å². The molecule has 2 fully saturated rings. The van der Waals surface area contributed by atoms with Gasteiger partial charge in [-0.2, -0.15) is 18.3 Å². The van der Waals surface area contributed by atoms with E-state index in [1.807, 2.05) is 6.07 Å². The van der Waals surface area contributed by atoms with Gasteiger partial charge in [-0.1, -0.05) is 12.1 Å². The highest BCUT2D eigenvalue weighted by Gasteiger charge is 2.49. The predicted molar refractivity (Wildman–Crippen MR) is 111 cm³/mol. The number of hydrogen-bond acceptors (Lipinski definition) is 6. The molecule has 0 bridgehead atoms. The second-order valence-electron chi connectivity index (χ2n) is 8.65. The molecule has 5 rings (SSSR count). The average Bonchev–Trinajstić information content (AvgIpc) is 2.67. The molecular weight excluding hydrogens is 426 g/mol. The molecule has 0 amide bonds. The van der Waals surface area contributed by atoms with Crippen molar-refractivity contribution in [3.8, 4) is 0 Å². The van der Waals surface area contributed by atoms with E-state index in [0.29, 0.717) is 22.4 Å². The topological polar surface area (TPSA) is 63.2 Å². The lowest BCUT2D eigenvalue weighted by Crippen LogP contribution is -2.66. The summed E-state index contributed by atoms with van der Waals surface area (Å²) in [5, 5.41) is 12.0. The number of anilines is 2. The molecule has 168 valence electrons. The van der Waals surface area contributed by atoms with Crippen LogP contribution >= 0.6 is 0 Å². The van der Waals surface area contributed by atoms with Crippen LogP contribution in [0.1, 0.15) is 29.8 Å². The number of nitrogens with one attached hydrogen (secondary N) is 1. The minimum Gasteiger partial charge on any atom is -0.380 e. The molecule has 4 heterocycles. The van der Waals surface area contributed by atoms with Crippen LogP contribution in [0.15, 0.2) is 30.5 Å². The molecule has 1 unspecified atom stereocenters. The molecule has 2 aromatic heterocycles. The summed E-state index contributed by atoms with van der Waals surface area (Å²) in [7, 11) is 0. The normalized spacial score (nSPS) is 18.4. The minimum atomic E-state index is -4.77. The van der Waals surface area contributed by atoms with Gasteiger partial charge in [0.2, 0.25) is 0 Å². The fraction of sp³-hybridized carbons (Fsp3) is 0.409. The van der Waals surface area contributed by atoms with Crippen molar-refractivity contribution in [3.63, 3.8) is 0 Å². The number of fused-ring (bicyclic) bond motifs is 1. The van der Waals surface area contributed by atoms with Crippen molar-refractivity contribution in [2.24, 2.45) is 5.41 Å². The van der Waals surface area contributed by atoms with Crippen LogP contribution in [0.5, 0.6) is 0 Å². The first kappa shape index (κ1) is 20.9. The first-order chi connectivity index (χ1) is 15.2. The van der Waals surface area contributed by atoms with Gasteiger partial charge >= 0.3 is 6.18 Å². The van der Waals surface area contributed by atoms with E-state index in [4.69, 9.17) is 4.74 Å². The van der Waals surface area contributed by atoms with Gasteiger partial charge in [0.05, 0.1) is 53.3 Å². The Labute approximate surface area is 181 Å². The van der Waals surface area contributed by atoms with Gasteiger partial charge in [-0.25, -0.2) is 4.39 Å². The number of rotatable bonds is 4. The highest BCUT2D eigenvalue weighted by atomic mass is 19.4. The molecule has 1 spiro atoms. The van der Waals surface area contributed by atoms with Crippen LogP contribution in [0.4, 0.5) is 29.1 Å². The number of hydrogen-bond donors (Lipinski definition) is 1. The molecule has 1 aromatic carbocycles. The van der Waals surface area contributed by atoms with E-state index in [0.717, 1.165) is 38.1 Å². The van der Waals surface area contributed by atoms with Gasteiger partial charge in [0.1, 0.15) is 5.82 Å². The van der Waals surface area contributed by atoms with Crippen LogP contribution in [-0.2, 0) is 10.9 Å². The monoisotopic (exact) mass is 447 g/mol. The van der Waals surface area contributed by atoms with Crippen molar-refractivity contribution in [3.05, 3.63) is 53.1 Å². The highest BCUT2D eigenvalue weighted by molar-refractivity contribution is 5.92. The first-order valence-corrected chi connectivity index (χ1v) is 10.2. The molecule has 0 saturated carbocycles. The molecule has 1 atom stereocenters. The maximum Gasteiger partial charge on any atom is 0.419 e. The number of pyridine rings is 1. The Morgan fingerprint density at radius 2 is 1.94 bits per heavy atom. The molecule has 6 nitrogen and oxygen atoms in total. The molecule has 2 saturated heterocycles. The molecule has 3 aromatic rings. The lowest BCUT2D eigenvalue weighted by atomic mass is 9.78. The zero-order chi connectivity index (χ0) is 22.7. The SMILES string of the molecule is Cc1nnc(NC(C)c2cccc(C(F)(F)F)c2F)c2cc(N3CC4(COC4)C3)cnc12. The maximum atomic E-state index is 14.6. The van der Waals surface area contributed by atoms with E-state index < -0.39 is 23.6 Å². The molecule has 2 aliphatic rings. The largest absolute Gasteiger partial charge is 0.419 e. The van der Waals surface area contributed by atoms with Crippen LogP contribution in [0, 0.1) is 18.2 Å². The number of halogens is 4. The minimum absolute atomic E-state index is 0.103. The van der Waals surface area contributed by atoms with Gasteiger partial charge in [-0.3, -0.25) is 4.98 Å². The van der Waals surface area contributed by atoms with E-state index in [-0.39, 0.29) is 11.0 Å². The van der Waals surface area contributed by atoms with Gasteiger partial charge in [-0.05, 0) is 26.0 Å². The van der Waals surface area contributed by atoms with E-state index >= 15 is 0 Å². The number of nitrogens with zero attached hydrogens (tertiary/aromatic N) is 4. The summed E-state index contributed by atoms with van der Waals surface area (Å²) < 4.78 is 59.3. The number of alkyl halides is 3. The van der Waals surface area contributed by atoms with Crippen molar-refractivity contribution in [1.29, 1.82) is 0 Å². The molecule has 32 heavy (non-hydrogen) atoms. The number of aryl methyl sites for hydroxylation is 1. The van der Waals surface area contributed by atoms with Crippen molar-refractivity contribution < 1.29 is 22.3 Å². The van der Waals surface area contributed by atoms with Crippen LogP contribution in [0.2, 0.25) is 0 Å². The Morgan fingerprint density at radius 1 is 1.19 bits per heavy atom. The molecule has 0 aliphatic carbocycles. The number of aromatic nitrogens is 3. The van der Waals surface area contributed by atoms with E-state index in [1.165, 1.54) is 12.1 Å². The van der Waals surface area contributed by atoms with Crippen LogP contribution in [-0.4, -0.2) is 41.5 Å². The van der Waals surface area contributed by atoms with Gasteiger partial charge in [0.25, 0.3) is 0 Å². The van der Waals surface area contributed by atoms with Gasteiger partial charge < -0.3 is 15.0 Å². The zero-order valence-corrected chi connectivity index (χ0v) is 17.5. The Morgan fingerprint density at radius 3 is 2.59 bits per heavy atom. The summed E-state index contributed by atoms with van der Waals surface area (Å²) >= 11 is 0. The summed E-state index contributed by atoms with van der Waals surface area (Å²) in [5.41, 5.74) is 1.02.